The Kier molecular flexibility index (Phi) is 5.82. The first-order valence-electron chi connectivity index (χ1n) is 7.19. The highest BCUT2D eigenvalue weighted by Crippen LogP contribution is 2.24. The lowest BCUT2D eigenvalue weighted by molar-refractivity contribution is 0.177. The van der Waals surface area contributed by atoms with Crippen LogP contribution >= 0.6 is 11.3 Å². The molecular weight excluding hydrogens is 300 g/mol. The maximum Gasteiger partial charge on any atom is 0.156 e. The summed E-state index contributed by atoms with van der Waals surface area (Å²) in [6.07, 6.45) is 0. The van der Waals surface area contributed by atoms with Crippen LogP contribution in [0.1, 0.15) is 48.0 Å². The second-order valence-corrected chi connectivity index (χ2v) is 6.28. The third kappa shape index (κ3) is 4.22. The molecule has 22 heavy (non-hydrogen) atoms. The van der Waals surface area contributed by atoms with Gasteiger partial charge < -0.3 is 15.2 Å². The molecule has 0 amide bonds. The summed E-state index contributed by atoms with van der Waals surface area (Å²) in [6, 6.07) is 1.56. The number of anilines is 1. The number of ether oxygens (including phenoxy) is 1. The molecule has 120 valence electrons. The van der Waals surface area contributed by atoms with Gasteiger partial charge in [-0.1, -0.05) is 13.8 Å². The van der Waals surface area contributed by atoms with E-state index in [1.165, 1.54) is 0 Å². The van der Waals surface area contributed by atoms with E-state index in [4.69, 9.17) is 4.74 Å². The SMILES string of the molecule is COCc1nc(C)cc(N[C@@H](CO)c2csc(C(C)C)n2)n1. The molecule has 2 aromatic rings. The third-order valence-electron chi connectivity index (χ3n) is 3.07. The normalized spacial score (nSPS) is 12.6. The molecule has 0 aromatic carbocycles. The summed E-state index contributed by atoms with van der Waals surface area (Å²) >= 11 is 1.61. The van der Waals surface area contributed by atoms with Crippen molar-refractivity contribution in [1.29, 1.82) is 0 Å². The Morgan fingerprint density at radius 3 is 2.68 bits per heavy atom. The number of hydrogen-bond donors (Lipinski definition) is 2. The zero-order valence-electron chi connectivity index (χ0n) is 13.3. The van der Waals surface area contributed by atoms with E-state index in [1.54, 1.807) is 18.4 Å². The first kappa shape index (κ1) is 16.8. The Hall–Kier alpha value is -1.57. The highest BCUT2D eigenvalue weighted by molar-refractivity contribution is 7.09. The van der Waals surface area contributed by atoms with Gasteiger partial charge in [0.05, 0.1) is 23.4 Å². The quantitative estimate of drug-likeness (QED) is 0.816. The van der Waals surface area contributed by atoms with E-state index >= 15 is 0 Å². The molecule has 0 aliphatic rings. The van der Waals surface area contributed by atoms with Crippen LogP contribution in [0.5, 0.6) is 0 Å². The van der Waals surface area contributed by atoms with E-state index < -0.39 is 0 Å². The van der Waals surface area contributed by atoms with Crippen molar-refractivity contribution in [2.45, 2.75) is 39.3 Å². The molecule has 0 radical (unpaired) electrons. The van der Waals surface area contributed by atoms with Gasteiger partial charge in [0.2, 0.25) is 0 Å². The minimum Gasteiger partial charge on any atom is -0.394 e. The molecule has 0 unspecified atom stereocenters. The predicted molar refractivity (Wildman–Crippen MR) is 87.1 cm³/mol. The Morgan fingerprint density at radius 2 is 2.09 bits per heavy atom. The third-order valence-corrected chi connectivity index (χ3v) is 4.23. The molecule has 2 rings (SSSR count). The lowest BCUT2D eigenvalue weighted by Gasteiger charge is -2.16. The minimum absolute atomic E-state index is 0.0517. The summed E-state index contributed by atoms with van der Waals surface area (Å²) in [5.41, 5.74) is 1.68. The molecule has 6 nitrogen and oxygen atoms in total. The van der Waals surface area contributed by atoms with E-state index in [0.29, 0.717) is 24.2 Å². The lowest BCUT2D eigenvalue weighted by Crippen LogP contribution is -2.17. The van der Waals surface area contributed by atoms with Gasteiger partial charge in [-0.25, -0.2) is 15.0 Å². The fourth-order valence-electron chi connectivity index (χ4n) is 2.02. The van der Waals surface area contributed by atoms with Gasteiger partial charge in [0.1, 0.15) is 12.4 Å². The van der Waals surface area contributed by atoms with Crippen molar-refractivity contribution in [2.24, 2.45) is 0 Å². The van der Waals surface area contributed by atoms with Crippen molar-refractivity contribution in [3.05, 3.63) is 33.7 Å². The number of nitrogens with one attached hydrogen (secondary N) is 1. The molecule has 0 saturated heterocycles. The van der Waals surface area contributed by atoms with Gasteiger partial charge in [-0.15, -0.1) is 11.3 Å². The van der Waals surface area contributed by atoms with Gasteiger partial charge in [-0.3, -0.25) is 0 Å². The molecule has 0 spiro atoms. The van der Waals surface area contributed by atoms with Crippen molar-refractivity contribution in [3.63, 3.8) is 0 Å². The molecule has 0 bridgehead atoms. The highest BCUT2D eigenvalue weighted by Gasteiger charge is 2.16. The average Bonchev–Trinajstić information content (AvgIpc) is 2.94. The first-order chi connectivity index (χ1) is 10.5. The van der Waals surface area contributed by atoms with Crippen molar-refractivity contribution in [2.75, 3.05) is 19.0 Å². The van der Waals surface area contributed by atoms with E-state index in [2.05, 4.69) is 34.1 Å². The van der Waals surface area contributed by atoms with Crippen molar-refractivity contribution < 1.29 is 9.84 Å². The number of hydrogen-bond acceptors (Lipinski definition) is 7. The molecular formula is C15H22N4O2S. The summed E-state index contributed by atoms with van der Waals surface area (Å²) in [6.45, 7) is 6.42. The number of aromatic nitrogens is 3. The summed E-state index contributed by atoms with van der Waals surface area (Å²) < 4.78 is 5.07. The number of aliphatic hydroxyl groups excluding tert-OH is 1. The van der Waals surface area contributed by atoms with Crippen LogP contribution in [0.4, 0.5) is 5.82 Å². The van der Waals surface area contributed by atoms with Crippen LogP contribution in [0.15, 0.2) is 11.4 Å². The van der Waals surface area contributed by atoms with Gasteiger partial charge in [0.15, 0.2) is 5.82 Å². The molecule has 0 aliphatic carbocycles. The Morgan fingerprint density at radius 1 is 1.32 bits per heavy atom. The van der Waals surface area contributed by atoms with Crippen LogP contribution in [-0.4, -0.2) is 33.8 Å². The predicted octanol–water partition coefficient (Wildman–Crippen LogP) is 2.66. The molecule has 0 fully saturated rings. The summed E-state index contributed by atoms with van der Waals surface area (Å²) in [4.78, 5) is 13.3. The number of aliphatic hydroxyl groups is 1. The standard InChI is InChI=1S/C15H22N4O2S/c1-9(2)15-18-12(8-22-15)11(6-20)17-13-5-10(3)16-14(19-13)7-21-4/h5,8-9,11,20H,6-7H2,1-4H3,(H,16,17,19)/t11-/m0/s1. The maximum absolute atomic E-state index is 9.66. The molecule has 0 aliphatic heterocycles. The smallest absolute Gasteiger partial charge is 0.156 e. The van der Waals surface area contributed by atoms with Crippen molar-refractivity contribution >= 4 is 17.2 Å². The fraction of sp³-hybridized carbons (Fsp3) is 0.533. The molecule has 2 N–H and O–H groups in total. The summed E-state index contributed by atoms with van der Waals surface area (Å²) in [5.74, 6) is 1.66. The Bertz CT molecular complexity index is 615. The van der Waals surface area contributed by atoms with E-state index in [1.807, 2.05) is 18.4 Å². The molecule has 0 saturated carbocycles. The second kappa shape index (κ2) is 7.62. The van der Waals surface area contributed by atoms with Gasteiger partial charge in [0, 0.05) is 30.2 Å². The van der Waals surface area contributed by atoms with Crippen LogP contribution < -0.4 is 5.32 Å². The lowest BCUT2D eigenvalue weighted by atomic mass is 10.2. The minimum atomic E-state index is -0.284. The summed E-state index contributed by atoms with van der Waals surface area (Å²) in [7, 11) is 1.61. The van der Waals surface area contributed by atoms with E-state index in [-0.39, 0.29) is 12.6 Å². The maximum atomic E-state index is 9.66. The zero-order chi connectivity index (χ0) is 16.1. The van der Waals surface area contributed by atoms with Crippen LogP contribution in [0, 0.1) is 6.92 Å². The number of aryl methyl sites for hydroxylation is 1. The van der Waals surface area contributed by atoms with Crippen LogP contribution in [0.3, 0.4) is 0 Å². The van der Waals surface area contributed by atoms with Crippen LogP contribution in [0.2, 0.25) is 0 Å². The second-order valence-electron chi connectivity index (χ2n) is 5.39. The molecule has 2 aromatic heterocycles. The van der Waals surface area contributed by atoms with Crippen molar-refractivity contribution in [3.8, 4) is 0 Å². The van der Waals surface area contributed by atoms with E-state index in [0.717, 1.165) is 16.4 Å². The molecule has 1 atom stereocenters. The number of nitrogens with zero attached hydrogens (tertiary/aromatic N) is 3. The number of thiazole rings is 1. The molecule has 7 heteroatoms. The first-order valence-corrected chi connectivity index (χ1v) is 8.07. The van der Waals surface area contributed by atoms with Crippen LogP contribution in [0.25, 0.3) is 0 Å². The van der Waals surface area contributed by atoms with Gasteiger partial charge in [0.25, 0.3) is 0 Å². The van der Waals surface area contributed by atoms with Gasteiger partial charge >= 0.3 is 0 Å². The topological polar surface area (TPSA) is 80.2 Å². The average molecular weight is 322 g/mol. The zero-order valence-corrected chi connectivity index (χ0v) is 14.1. The highest BCUT2D eigenvalue weighted by atomic mass is 32.1. The van der Waals surface area contributed by atoms with Gasteiger partial charge in [-0.05, 0) is 6.92 Å². The number of methoxy groups -OCH3 is 1. The van der Waals surface area contributed by atoms with Crippen molar-refractivity contribution in [1.82, 2.24) is 15.0 Å². The molecule has 2 heterocycles. The fourth-order valence-corrected chi connectivity index (χ4v) is 2.90. The van der Waals surface area contributed by atoms with Gasteiger partial charge in [-0.2, -0.15) is 0 Å². The Balaban J connectivity index is 2.18. The van der Waals surface area contributed by atoms with E-state index in [9.17, 15) is 5.11 Å². The largest absolute Gasteiger partial charge is 0.394 e. The number of rotatable bonds is 7. The van der Waals surface area contributed by atoms with Crippen LogP contribution in [-0.2, 0) is 11.3 Å². The monoisotopic (exact) mass is 322 g/mol. The Labute approximate surface area is 134 Å². The summed E-state index contributed by atoms with van der Waals surface area (Å²) in [5, 5.41) is 15.9.